The zero-order valence-electron chi connectivity index (χ0n) is 14.2. The number of likely N-dealkylation sites (N-methyl/N-ethyl adjacent to an activating group) is 1. The van der Waals surface area contributed by atoms with Gasteiger partial charge < -0.3 is 9.64 Å². The maximum Gasteiger partial charge on any atom is 0.338 e. The highest BCUT2D eigenvalue weighted by Crippen LogP contribution is 2.21. The van der Waals surface area contributed by atoms with Crippen LogP contribution >= 0.6 is 0 Å². The second kappa shape index (κ2) is 8.75. The molecule has 2 aromatic carbocycles. The second-order valence-corrected chi connectivity index (χ2v) is 5.71. The Bertz CT molecular complexity index is 753. The number of hydrogen-bond donors (Lipinski definition) is 0. The number of esters is 1. The van der Waals surface area contributed by atoms with Gasteiger partial charge in [-0.05, 0) is 43.4 Å². The van der Waals surface area contributed by atoms with Gasteiger partial charge in [0.25, 0.3) is 5.69 Å². The second-order valence-electron chi connectivity index (χ2n) is 5.71. The highest BCUT2D eigenvalue weighted by Gasteiger charge is 2.14. The molecule has 0 saturated carbocycles. The monoisotopic (exact) mass is 340 g/mol. The third kappa shape index (κ3) is 5.54. The lowest BCUT2D eigenvalue weighted by atomic mass is 10.0. The molecular weight excluding hydrogens is 320 g/mol. The first-order valence-corrected chi connectivity index (χ1v) is 7.81. The summed E-state index contributed by atoms with van der Waals surface area (Å²) in [6, 6.07) is 15.2. The summed E-state index contributed by atoms with van der Waals surface area (Å²) in [7, 11) is 3.80. The van der Waals surface area contributed by atoms with Crippen LogP contribution in [-0.2, 0) is 9.53 Å². The number of nitrogens with zero attached hydrogens (tertiary/aromatic N) is 2. The molecule has 0 aromatic heterocycles. The Morgan fingerprint density at radius 3 is 2.32 bits per heavy atom. The van der Waals surface area contributed by atoms with E-state index in [0.717, 1.165) is 5.56 Å². The lowest BCUT2D eigenvalue weighted by Crippen LogP contribution is -2.20. The van der Waals surface area contributed by atoms with Crippen LogP contribution in [0.15, 0.2) is 54.6 Å². The fourth-order valence-corrected chi connectivity index (χ4v) is 2.14. The molecule has 0 aliphatic rings. The van der Waals surface area contributed by atoms with Gasteiger partial charge in [-0.15, -0.1) is 0 Å². The van der Waals surface area contributed by atoms with Gasteiger partial charge in [0.15, 0.2) is 0 Å². The summed E-state index contributed by atoms with van der Waals surface area (Å²) in [5, 5.41) is 10.7. The van der Waals surface area contributed by atoms with Crippen molar-refractivity contribution in [1.29, 1.82) is 0 Å². The van der Waals surface area contributed by atoms with Gasteiger partial charge >= 0.3 is 5.97 Å². The maximum absolute atomic E-state index is 12.5. The van der Waals surface area contributed by atoms with Crippen LogP contribution in [0, 0.1) is 10.1 Å². The average molecular weight is 340 g/mol. The fourth-order valence-electron chi connectivity index (χ4n) is 2.14. The van der Waals surface area contributed by atoms with Crippen LogP contribution in [0.1, 0.15) is 11.1 Å². The number of hydrogen-bond acceptors (Lipinski definition) is 5. The highest BCUT2D eigenvalue weighted by molar-refractivity contribution is 6.21. The smallest absolute Gasteiger partial charge is 0.338 e. The minimum Gasteiger partial charge on any atom is -0.461 e. The van der Waals surface area contributed by atoms with Gasteiger partial charge in [-0.2, -0.15) is 0 Å². The van der Waals surface area contributed by atoms with E-state index >= 15 is 0 Å². The number of nitro benzene ring substituents is 1. The summed E-state index contributed by atoms with van der Waals surface area (Å²) in [6.45, 7) is 0.918. The number of benzene rings is 2. The first-order chi connectivity index (χ1) is 12.0. The zero-order valence-corrected chi connectivity index (χ0v) is 14.2. The summed E-state index contributed by atoms with van der Waals surface area (Å²) in [6.07, 6.45) is 1.68. The predicted molar refractivity (Wildman–Crippen MR) is 96.9 cm³/mol. The Hall–Kier alpha value is -2.99. The van der Waals surface area contributed by atoms with Crippen molar-refractivity contribution in [2.45, 2.75) is 0 Å². The predicted octanol–water partition coefficient (Wildman–Crippen LogP) is 3.24. The molecule has 0 heterocycles. The quantitative estimate of drug-likeness (QED) is 0.254. The standard InChI is InChI=1S/C19H20N2O4/c1-20(2)12-13-25-19(22)18(16-6-4-3-5-7-16)14-15-8-10-17(11-9-15)21(23)24/h3-11,14H,12-13H2,1-2H3/b18-14+. The first kappa shape index (κ1) is 18.4. The van der Waals surface area contributed by atoms with E-state index in [-0.39, 0.29) is 12.3 Å². The fraction of sp³-hybridized carbons (Fsp3) is 0.211. The Balaban J connectivity index is 2.27. The van der Waals surface area contributed by atoms with E-state index in [2.05, 4.69) is 0 Å². The summed E-state index contributed by atoms with van der Waals surface area (Å²) in [4.78, 5) is 24.7. The number of ether oxygens (including phenoxy) is 1. The highest BCUT2D eigenvalue weighted by atomic mass is 16.6. The molecule has 0 fully saturated rings. The van der Waals surface area contributed by atoms with E-state index in [4.69, 9.17) is 4.74 Å². The van der Waals surface area contributed by atoms with Crippen molar-refractivity contribution in [2.24, 2.45) is 0 Å². The molecule has 0 spiro atoms. The topological polar surface area (TPSA) is 72.7 Å². The van der Waals surface area contributed by atoms with Gasteiger partial charge in [-0.25, -0.2) is 4.79 Å². The third-order valence-corrected chi connectivity index (χ3v) is 3.49. The lowest BCUT2D eigenvalue weighted by molar-refractivity contribution is -0.384. The molecule has 0 aliphatic carbocycles. The molecule has 0 unspecified atom stereocenters. The van der Waals surface area contributed by atoms with E-state index < -0.39 is 10.9 Å². The zero-order chi connectivity index (χ0) is 18.2. The maximum atomic E-state index is 12.5. The normalized spacial score (nSPS) is 11.4. The van der Waals surface area contributed by atoms with Gasteiger partial charge in [0.05, 0.1) is 10.5 Å². The van der Waals surface area contributed by atoms with Crippen molar-refractivity contribution in [3.63, 3.8) is 0 Å². The Kier molecular flexibility index (Phi) is 6.42. The Morgan fingerprint density at radius 2 is 1.76 bits per heavy atom. The average Bonchev–Trinajstić information content (AvgIpc) is 2.60. The molecule has 0 bridgehead atoms. The largest absolute Gasteiger partial charge is 0.461 e. The molecule has 6 heteroatoms. The van der Waals surface area contributed by atoms with Crippen molar-refractivity contribution in [3.05, 3.63) is 75.8 Å². The number of carbonyl (C=O) groups excluding carboxylic acids is 1. The lowest BCUT2D eigenvalue weighted by Gasteiger charge is -2.12. The van der Waals surface area contributed by atoms with Gasteiger partial charge in [0.2, 0.25) is 0 Å². The minimum absolute atomic E-state index is 0.00645. The van der Waals surface area contributed by atoms with Crippen molar-refractivity contribution in [3.8, 4) is 0 Å². The number of rotatable bonds is 7. The minimum atomic E-state index is -0.457. The van der Waals surface area contributed by atoms with Crippen molar-refractivity contribution >= 4 is 23.3 Å². The van der Waals surface area contributed by atoms with Crippen LogP contribution in [0.25, 0.3) is 11.6 Å². The number of non-ortho nitro benzene ring substituents is 1. The Labute approximate surface area is 146 Å². The van der Waals surface area contributed by atoms with Crippen LogP contribution in [0.4, 0.5) is 5.69 Å². The van der Waals surface area contributed by atoms with Crippen molar-refractivity contribution in [1.82, 2.24) is 4.90 Å². The molecule has 0 radical (unpaired) electrons. The van der Waals surface area contributed by atoms with E-state index in [0.29, 0.717) is 17.7 Å². The van der Waals surface area contributed by atoms with Gasteiger partial charge in [-0.1, -0.05) is 30.3 Å². The number of carbonyl (C=O) groups is 1. The van der Waals surface area contributed by atoms with Crippen LogP contribution in [0.2, 0.25) is 0 Å². The Morgan fingerprint density at radius 1 is 1.12 bits per heavy atom. The molecule has 2 rings (SSSR count). The molecule has 0 aliphatic heterocycles. The number of nitro groups is 1. The molecule has 0 N–H and O–H groups in total. The molecule has 0 saturated heterocycles. The molecule has 0 atom stereocenters. The SMILES string of the molecule is CN(C)CCOC(=O)/C(=C/c1ccc([N+](=O)[O-])cc1)c1ccccc1. The van der Waals surface area contributed by atoms with Crippen molar-refractivity contribution in [2.75, 3.05) is 27.2 Å². The third-order valence-electron chi connectivity index (χ3n) is 3.49. The van der Waals surface area contributed by atoms with Gasteiger partial charge in [0, 0.05) is 18.7 Å². The molecular formula is C19H20N2O4. The van der Waals surface area contributed by atoms with Gasteiger partial charge in [0.1, 0.15) is 6.61 Å². The van der Waals surface area contributed by atoms with Crippen LogP contribution in [0.5, 0.6) is 0 Å². The van der Waals surface area contributed by atoms with Crippen LogP contribution in [-0.4, -0.2) is 43.0 Å². The van der Waals surface area contributed by atoms with E-state index in [9.17, 15) is 14.9 Å². The van der Waals surface area contributed by atoms with E-state index in [1.165, 1.54) is 12.1 Å². The molecule has 2 aromatic rings. The van der Waals surface area contributed by atoms with E-state index in [1.54, 1.807) is 18.2 Å². The van der Waals surface area contributed by atoms with Crippen LogP contribution in [0.3, 0.4) is 0 Å². The molecule has 6 nitrogen and oxygen atoms in total. The summed E-state index contributed by atoms with van der Waals surface area (Å²) in [5.74, 6) is -0.425. The summed E-state index contributed by atoms with van der Waals surface area (Å²) < 4.78 is 5.35. The summed E-state index contributed by atoms with van der Waals surface area (Å²) in [5.41, 5.74) is 1.84. The molecule has 25 heavy (non-hydrogen) atoms. The van der Waals surface area contributed by atoms with Crippen molar-refractivity contribution < 1.29 is 14.5 Å². The first-order valence-electron chi connectivity index (χ1n) is 7.81. The van der Waals surface area contributed by atoms with E-state index in [1.807, 2.05) is 49.3 Å². The molecule has 0 amide bonds. The molecule has 130 valence electrons. The van der Waals surface area contributed by atoms with Gasteiger partial charge in [-0.3, -0.25) is 10.1 Å². The van der Waals surface area contributed by atoms with Crippen LogP contribution < -0.4 is 0 Å². The summed E-state index contributed by atoms with van der Waals surface area (Å²) >= 11 is 0.